The predicted octanol–water partition coefficient (Wildman–Crippen LogP) is 4.32. The van der Waals surface area contributed by atoms with E-state index in [4.69, 9.17) is 32.7 Å². The van der Waals surface area contributed by atoms with Crippen molar-refractivity contribution in [2.24, 2.45) is 0 Å². The third kappa shape index (κ3) is 6.54. The van der Waals surface area contributed by atoms with Crippen molar-refractivity contribution in [1.82, 2.24) is 10.2 Å². The van der Waals surface area contributed by atoms with E-state index in [9.17, 15) is 9.59 Å². The van der Waals surface area contributed by atoms with Crippen LogP contribution < -0.4 is 14.8 Å². The van der Waals surface area contributed by atoms with E-state index in [-0.39, 0.29) is 31.0 Å². The third-order valence-electron chi connectivity index (χ3n) is 4.41. The van der Waals surface area contributed by atoms with Crippen molar-refractivity contribution in [3.05, 3.63) is 58.1 Å². The van der Waals surface area contributed by atoms with Gasteiger partial charge in [-0.3, -0.25) is 9.59 Å². The average molecular weight is 453 g/mol. The van der Waals surface area contributed by atoms with Crippen LogP contribution in [0.4, 0.5) is 0 Å². The van der Waals surface area contributed by atoms with E-state index in [1.54, 1.807) is 56.5 Å². The first-order valence-electron chi connectivity index (χ1n) is 9.52. The molecule has 30 heavy (non-hydrogen) atoms. The number of methoxy groups -OCH3 is 1. The summed E-state index contributed by atoms with van der Waals surface area (Å²) in [5.41, 5.74) is 0.572. The molecular formula is C22H26Cl2N2O4. The molecule has 162 valence electrons. The van der Waals surface area contributed by atoms with Crippen molar-refractivity contribution < 1.29 is 19.1 Å². The number of carbonyl (C=O) groups is 2. The van der Waals surface area contributed by atoms with E-state index >= 15 is 0 Å². The highest BCUT2D eigenvalue weighted by Gasteiger charge is 2.28. The fourth-order valence-electron chi connectivity index (χ4n) is 2.74. The Balaban J connectivity index is 2.20. The molecule has 0 bridgehead atoms. The number of nitrogens with zero attached hydrogens (tertiary/aromatic N) is 1. The molecule has 2 rings (SSSR count). The summed E-state index contributed by atoms with van der Waals surface area (Å²) in [7, 11) is 1.57. The van der Waals surface area contributed by atoms with Gasteiger partial charge in [-0.1, -0.05) is 29.3 Å². The Morgan fingerprint density at radius 3 is 2.10 bits per heavy atom. The number of halogens is 2. The van der Waals surface area contributed by atoms with Crippen LogP contribution in [0.3, 0.4) is 0 Å². The quantitative estimate of drug-likeness (QED) is 0.614. The maximum atomic E-state index is 13.0. The van der Waals surface area contributed by atoms with E-state index in [2.05, 4.69) is 5.32 Å². The van der Waals surface area contributed by atoms with Crippen molar-refractivity contribution in [3.8, 4) is 11.5 Å². The van der Waals surface area contributed by atoms with Gasteiger partial charge < -0.3 is 19.7 Å². The van der Waals surface area contributed by atoms with Gasteiger partial charge >= 0.3 is 0 Å². The first-order valence-corrected chi connectivity index (χ1v) is 10.3. The monoisotopic (exact) mass is 452 g/mol. The van der Waals surface area contributed by atoms with Gasteiger partial charge in [0.05, 0.1) is 7.11 Å². The van der Waals surface area contributed by atoms with Gasteiger partial charge in [-0.25, -0.2) is 0 Å². The van der Waals surface area contributed by atoms with Gasteiger partial charge in [0.1, 0.15) is 17.5 Å². The van der Waals surface area contributed by atoms with Gasteiger partial charge in [0, 0.05) is 28.2 Å². The number of carbonyl (C=O) groups excluding carboxylic acids is 2. The fraction of sp³-hybridized carbons (Fsp3) is 0.364. The van der Waals surface area contributed by atoms with E-state index in [0.717, 1.165) is 0 Å². The van der Waals surface area contributed by atoms with Crippen molar-refractivity contribution in [2.75, 3.05) is 13.7 Å². The Bertz CT molecular complexity index is 852. The Hall–Kier alpha value is -2.44. The average Bonchev–Trinajstić information content (AvgIpc) is 2.71. The molecule has 6 nitrogen and oxygen atoms in total. The number of amides is 2. The molecule has 0 saturated carbocycles. The highest BCUT2D eigenvalue weighted by Crippen LogP contribution is 2.26. The predicted molar refractivity (Wildman–Crippen MR) is 118 cm³/mol. The second-order valence-electron chi connectivity index (χ2n) is 7.03. The van der Waals surface area contributed by atoms with Gasteiger partial charge in [-0.05, 0) is 57.2 Å². The molecule has 0 aliphatic carbocycles. The van der Waals surface area contributed by atoms with Gasteiger partial charge in [0.2, 0.25) is 5.91 Å². The Morgan fingerprint density at radius 1 is 1.00 bits per heavy atom. The molecule has 0 radical (unpaired) electrons. The Labute approximate surface area is 187 Å². The lowest BCUT2D eigenvalue weighted by Gasteiger charge is -2.30. The number of nitrogens with one attached hydrogen (secondary N) is 1. The van der Waals surface area contributed by atoms with Crippen molar-refractivity contribution >= 4 is 35.0 Å². The van der Waals surface area contributed by atoms with Crippen LogP contribution in [-0.4, -0.2) is 42.5 Å². The molecule has 0 aliphatic heterocycles. The lowest BCUT2D eigenvalue weighted by Crippen LogP contribution is -2.50. The molecule has 2 aromatic rings. The normalized spacial score (nSPS) is 11.7. The summed E-state index contributed by atoms with van der Waals surface area (Å²) in [4.78, 5) is 27.0. The van der Waals surface area contributed by atoms with Crippen LogP contribution in [0.1, 0.15) is 26.3 Å². The first kappa shape index (κ1) is 23.8. The van der Waals surface area contributed by atoms with Crippen molar-refractivity contribution in [3.63, 3.8) is 0 Å². The molecule has 0 unspecified atom stereocenters. The fourth-order valence-corrected chi connectivity index (χ4v) is 3.26. The van der Waals surface area contributed by atoms with E-state index in [0.29, 0.717) is 27.1 Å². The lowest BCUT2D eigenvalue weighted by atomic mass is 10.1. The molecule has 0 heterocycles. The molecular weight excluding hydrogens is 427 g/mol. The highest BCUT2D eigenvalue weighted by molar-refractivity contribution is 6.36. The number of hydrogen-bond acceptors (Lipinski definition) is 4. The summed E-state index contributed by atoms with van der Waals surface area (Å²) in [6, 6.07) is 11.2. The minimum atomic E-state index is -0.744. The Kier molecular flexibility index (Phi) is 8.81. The van der Waals surface area contributed by atoms with Crippen LogP contribution in [0, 0.1) is 0 Å². The third-order valence-corrected chi connectivity index (χ3v) is 5.12. The summed E-state index contributed by atoms with van der Waals surface area (Å²) in [6.45, 7) is 5.21. The van der Waals surface area contributed by atoms with E-state index in [1.165, 1.54) is 4.90 Å². The maximum absolute atomic E-state index is 13.0. The van der Waals surface area contributed by atoms with Crippen LogP contribution in [-0.2, 0) is 16.1 Å². The molecule has 2 amide bonds. The molecule has 8 heteroatoms. The van der Waals surface area contributed by atoms with Crippen molar-refractivity contribution in [1.29, 1.82) is 0 Å². The van der Waals surface area contributed by atoms with Gasteiger partial charge in [0.25, 0.3) is 5.91 Å². The second kappa shape index (κ2) is 11.1. The summed E-state index contributed by atoms with van der Waals surface area (Å²) < 4.78 is 10.7. The largest absolute Gasteiger partial charge is 0.497 e. The zero-order chi connectivity index (χ0) is 22.3. The zero-order valence-electron chi connectivity index (χ0n) is 17.4. The molecule has 0 spiro atoms. The molecule has 1 N–H and O–H groups in total. The minimum Gasteiger partial charge on any atom is -0.497 e. The molecule has 0 fully saturated rings. The first-order chi connectivity index (χ1) is 14.2. The molecule has 1 atom stereocenters. The maximum Gasteiger partial charge on any atom is 0.261 e. The van der Waals surface area contributed by atoms with E-state index < -0.39 is 6.04 Å². The molecule has 0 aromatic heterocycles. The van der Waals surface area contributed by atoms with Crippen LogP contribution in [0.2, 0.25) is 10.0 Å². The zero-order valence-corrected chi connectivity index (χ0v) is 19.0. The Morgan fingerprint density at radius 2 is 1.57 bits per heavy atom. The SMILES string of the molecule is COc1ccc(OCC(=O)N(Cc2c(Cl)cccc2Cl)[C@@H](C)C(=O)NC(C)C)cc1. The minimum absolute atomic E-state index is 0.0589. The summed E-state index contributed by atoms with van der Waals surface area (Å²) in [5, 5.41) is 3.67. The van der Waals surface area contributed by atoms with Gasteiger partial charge in [0.15, 0.2) is 6.61 Å². The van der Waals surface area contributed by atoms with Crippen LogP contribution in [0.15, 0.2) is 42.5 Å². The standard InChI is InChI=1S/C22H26Cl2N2O4/c1-14(2)25-22(28)15(3)26(12-18-19(23)6-5-7-20(18)24)21(27)13-30-17-10-8-16(29-4)9-11-17/h5-11,14-15H,12-13H2,1-4H3,(H,25,28)/t15-/m0/s1. The number of ether oxygens (including phenoxy) is 2. The van der Waals surface area contributed by atoms with E-state index in [1.807, 2.05) is 13.8 Å². The summed E-state index contributed by atoms with van der Waals surface area (Å²) in [6.07, 6.45) is 0. The smallest absolute Gasteiger partial charge is 0.261 e. The summed E-state index contributed by atoms with van der Waals surface area (Å²) >= 11 is 12.6. The number of hydrogen-bond donors (Lipinski definition) is 1. The summed E-state index contributed by atoms with van der Waals surface area (Å²) in [5.74, 6) is 0.556. The van der Waals surface area contributed by atoms with Crippen LogP contribution in [0.5, 0.6) is 11.5 Å². The van der Waals surface area contributed by atoms with Gasteiger partial charge in [-0.15, -0.1) is 0 Å². The van der Waals surface area contributed by atoms with Crippen LogP contribution >= 0.6 is 23.2 Å². The lowest BCUT2D eigenvalue weighted by molar-refractivity contribution is -0.142. The van der Waals surface area contributed by atoms with Crippen molar-refractivity contribution in [2.45, 2.75) is 39.4 Å². The highest BCUT2D eigenvalue weighted by atomic mass is 35.5. The number of benzene rings is 2. The van der Waals surface area contributed by atoms with Crippen LogP contribution in [0.25, 0.3) is 0 Å². The van der Waals surface area contributed by atoms with Gasteiger partial charge in [-0.2, -0.15) is 0 Å². The molecule has 0 saturated heterocycles. The topological polar surface area (TPSA) is 67.9 Å². The second-order valence-corrected chi connectivity index (χ2v) is 7.84. The molecule has 0 aliphatic rings. The molecule has 2 aromatic carbocycles. The number of rotatable bonds is 9.